The van der Waals surface area contributed by atoms with Crippen molar-refractivity contribution in [2.45, 2.75) is 39.3 Å². The number of nitrogens with two attached hydrogens (primary N) is 1. The number of ketones is 1. The molecule has 1 aliphatic rings. The van der Waals surface area contributed by atoms with E-state index >= 15 is 4.39 Å². The molecule has 0 spiro atoms. The number of nitrogen functional groups attached to an aromatic ring is 1. The van der Waals surface area contributed by atoms with Gasteiger partial charge in [0.1, 0.15) is 18.3 Å². The molecule has 3 heterocycles. The molecule has 0 saturated carbocycles. The Morgan fingerprint density at radius 1 is 1.02 bits per heavy atom. The van der Waals surface area contributed by atoms with Crippen LogP contribution in [0, 0.1) is 12.7 Å². The van der Waals surface area contributed by atoms with E-state index in [1.807, 2.05) is 16.7 Å². The first-order valence-corrected chi connectivity index (χ1v) is 19.7. The summed E-state index contributed by atoms with van der Waals surface area (Å²) in [5, 5.41) is 5.12. The third kappa shape index (κ3) is 7.05. The van der Waals surface area contributed by atoms with Gasteiger partial charge in [0.05, 0.1) is 41.9 Å². The van der Waals surface area contributed by atoms with Gasteiger partial charge in [-0.3, -0.25) is 9.59 Å². The van der Waals surface area contributed by atoms with Crippen molar-refractivity contribution in [3.63, 3.8) is 0 Å². The van der Waals surface area contributed by atoms with Crippen molar-refractivity contribution in [2.24, 2.45) is 0 Å². The minimum Gasteiger partial charge on any atom is -0.454 e. The fraction of sp³-hybridized carbons (Fsp3) is 0.306. The van der Waals surface area contributed by atoms with Crippen LogP contribution in [-0.4, -0.2) is 71.9 Å². The van der Waals surface area contributed by atoms with Crippen molar-refractivity contribution >= 4 is 36.5 Å². The van der Waals surface area contributed by atoms with Crippen LogP contribution in [0.15, 0.2) is 72.9 Å². The second-order valence-corrected chi connectivity index (χ2v) is 18.8. The number of fused-ring (bicyclic) bond motifs is 1. The standard InChI is InChI=1S/C36H40FN5O5Si/c1-24-18-33(47-27-8-6-5-7-9-27)29(37)21-31(24)42-35(38)28(22-39-42)34(43)32-20-26-19-25(36(44)40-12-14-45-15-13-40)10-11-30(26)41(32)23-46-16-17-48(2,3)4/h5-11,18-22H,12-17,23,38H2,1-4H3. The van der Waals surface area contributed by atoms with Crippen LogP contribution < -0.4 is 10.5 Å². The summed E-state index contributed by atoms with van der Waals surface area (Å²) in [6, 6.07) is 20.0. The molecule has 3 aromatic carbocycles. The first-order chi connectivity index (χ1) is 23.0. The number of hydrogen-bond donors (Lipinski definition) is 1. The molecule has 0 atom stereocenters. The van der Waals surface area contributed by atoms with Crippen LogP contribution in [0.2, 0.25) is 25.7 Å². The van der Waals surface area contributed by atoms with Crippen LogP contribution in [-0.2, 0) is 16.2 Å². The van der Waals surface area contributed by atoms with E-state index in [0.29, 0.717) is 61.2 Å². The van der Waals surface area contributed by atoms with Crippen molar-refractivity contribution in [1.82, 2.24) is 19.2 Å². The van der Waals surface area contributed by atoms with Gasteiger partial charge < -0.3 is 29.4 Å². The second-order valence-electron chi connectivity index (χ2n) is 13.2. The molecule has 0 bridgehead atoms. The summed E-state index contributed by atoms with van der Waals surface area (Å²) in [5.74, 6) is -0.409. The Morgan fingerprint density at radius 2 is 1.77 bits per heavy atom. The highest BCUT2D eigenvalue weighted by Crippen LogP contribution is 2.32. The lowest BCUT2D eigenvalue weighted by Gasteiger charge is -2.26. The SMILES string of the molecule is Cc1cc(Oc2ccccc2)c(F)cc1-n1ncc(C(=O)c2cc3cc(C(=O)N4CCOCC4)ccc3n2COCC[Si](C)(C)C)c1N. The van der Waals surface area contributed by atoms with Gasteiger partial charge in [-0.25, -0.2) is 9.07 Å². The molecular weight excluding hydrogens is 630 g/mol. The molecule has 0 unspecified atom stereocenters. The van der Waals surface area contributed by atoms with Gasteiger partial charge in [-0.1, -0.05) is 37.8 Å². The number of amides is 1. The molecule has 2 N–H and O–H groups in total. The number of nitrogens with zero attached hydrogens (tertiary/aromatic N) is 4. The molecule has 0 radical (unpaired) electrons. The lowest BCUT2D eigenvalue weighted by atomic mass is 10.1. The van der Waals surface area contributed by atoms with Crippen LogP contribution >= 0.6 is 0 Å². The summed E-state index contributed by atoms with van der Waals surface area (Å²) in [4.78, 5) is 29.2. The number of aromatic nitrogens is 3. The number of para-hydroxylation sites is 1. The van der Waals surface area contributed by atoms with Gasteiger partial charge in [0.2, 0.25) is 5.78 Å². The van der Waals surface area contributed by atoms with E-state index in [9.17, 15) is 9.59 Å². The quantitative estimate of drug-likeness (QED) is 0.0950. The van der Waals surface area contributed by atoms with Crippen molar-refractivity contribution in [1.29, 1.82) is 0 Å². The highest BCUT2D eigenvalue weighted by Gasteiger charge is 2.25. The van der Waals surface area contributed by atoms with Gasteiger partial charge in [0.25, 0.3) is 5.91 Å². The summed E-state index contributed by atoms with van der Waals surface area (Å²) >= 11 is 0. The molecule has 1 amide bonds. The highest BCUT2D eigenvalue weighted by atomic mass is 28.3. The Morgan fingerprint density at radius 3 is 2.50 bits per heavy atom. The second kappa shape index (κ2) is 13.8. The van der Waals surface area contributed by atoms with Gasteiger partial charge in [-0.2, -0.15) is 5.10 Å². The number of rotatable bonds is 11. The summed E-state index contributed by atoms with van der Waals surface area (Å²) in [6.07, 6.45) is 1.39. The van der Waals surface area contributed by atoms with E-state index in [4.69, 9.17) is 19.9 Å². The maximum atomic E-state index is 15.2. The highest BCUT2D eigenvalue weighted by molar-refractivity contribution is 6.76. The average molecular weight is 670 g/mol. The Balaban J connectivity index is 1.32. The van der Waals surface area contributed by atoms with Gasteiger partial charge >= 0.3 is 0 Å². The Labute approximate surface area is 279 Å². The lowest BCUT2D eigenvalue weighted by molar-refractivity contribution is 0.0303. The smallest absolute Gasteiger partial charge is 0.254 e. The van der Waals surface area contributed by atoms with E-state index in [1.165, 1.54) is 16.9 Å². The molecule has 250 valence electrons. The van der Waals surface area contributed by atoms with E-state index in [0.717, 1.165) is 16.9 Å². The predicted octanol–water partition coefficient (Wildman–Crippen LogP) is 6.66. The Bertz CT molecular complexity index is 1960. The molecule has 1 fully saturated rings. The molecule has 12 heteroatoms. The van der Waals surface area contributed by atoms with E-state index < -0.39 is 13.9 Å². The maximum absolute atomic E-state index is 15.2. The maximum Gasteiger partial charge on any atom is 0.254 e. The normalized spacial score (nSPS) is 13.6. The fourth-order valence-electron chi connectivity index (χ4n) is 5.64. The van der Waals surface area contributed by atoms with Crippen molar-refractivity contribution in [2.75, 3.05) is 38.6 Å². The first-order valence-electron chi connectivity index (χ1n) is 16.0. The van der Waals surface area contributed by atoms with Gasteiger partial charge in [0, 0.05) is 44.8 Å². The van der Waals surface area contributed by atoms with Crippen molar-refractivity contribution in [3.8, 4) is 17.2 Å². The van der Waals surface area contributed by atoms with Crippen molar-refractivity contribution in [3.05, 3.63) is 101 Å². The summed E-state index contributed by atoms with van der Waals surface area (Å²) in [5.41, 5.74) is 9.37. The number of aryl methyl sites for hydroxylation is 1. The minimum atomic E-state index is -1.34. The number of anilines is 1. The zero-order valence-electron chi connectivity index (χ0n) is 27.7. The molecule has 1 saturated heterocycles. The third-order valence-electron chi connectivity index (χ3n) is 8.40. The number of hydrogen-bond acceptors (Lipinski definition) is 7. The Kier molecular flexibility index (Phi) is 9.49. The molecule has 10 nitrogen and oxygen atoms in total. The Hall–Kier alpha value is -4.78. The monoisotopic (exact) mass is 669 g/mol. The molecule has 1 aliphatic heterocycles. The summed E-state index contributed by atoms with van der Waals surface area (Å²) < 4.78 is 35.6. The predicted molar refractivity (Wildman–Crippen MR) is 185 cm³/mol. The molecule has 0 aliphatic carbocycles. The van der Waals surface area contributed by atoms with Gasteiger partial charge in [0.15, 0.2) is 11.6 Å². The molecular formula is C36H40FN5O5Si. The number of ether oxygens (including phenoxy) is 3. The zero-order valence-corrected chi connectivity index (χ0v) is 28.7. The number of carbonyl (C=O) groups is 2. The van der Waals surface area contributed by atoms with Crippen LogP contribution in [0.25, 0.3) is 16.6 Å². The van der Waals surface area contributed by atoms with Crippen LogP contribution in [0.1, 0.15) is 32.0 Å². The topological polar surface area (TPSA) is 114 Å². The fourth-order valence-corrected chi connectivity index (χ4v) is 6.40. The van der Waals surface area contributed by atoms with E-state index in [-0.39, 0.29) is 35.6 Å². The van der Waals surface area contributed by atoms with E-state index in [2.05, 4.69) is 24.7 Å². The molecule has 5 aromatic rings. The van der Waals surface area contributed by atoms with Gasteiger partial charge in [-0.05, 0) is 61.0 Å². The molecule has 48 heavy (non-hydrogen) atoms. The van der Waals surface area contributed by atoms with Crippen LogP contribution in [0.3, 0.4) is 0 Å². The number of halogens is 1. The number of carbonyl (C=O) groups excluding carboxylic acids is 2. The number of morpholine rings is 1. The first kappa shape index (κ1) is 33.1. The molecule has 6 rings (SSSR count). The average Bonchev–Trinajstić information content (AvgIpc) is 3.64. The lowest BCUT2D eigenvalue weighted by Crippen LogP contribution is -2.40. The van der Waals surface area contributed by atoms with Crippen molar-refractivity contribution < 1.29 is 28.2 Å². The van der Waals surface area contributed by atoms with E-state index in [1.54, 1.807) is 60.4 Å². The number of benzene rings is 3. The summed E-state index contributed by atoms with van der Waals surface area (Å²) in [7, 11) is -1.34. The van der Waals surface area contributed by atoms with Crippen LogP contribution in [0.5, 0.6) is 11.5 Å². The third-order valence-corrected chi connectivity index (χ3v) is 10.1. The molecule has 2 aromatic heterocycles. The zero-order chi connectivity index (χ0) is 34.0. The van der Waals surface area contributed by atoms with Crippen LogP contribution in [0.4, 0.5) is 10.2 Å². The largest absolute Gasteiger partial charge is 0.454 e. The summed E-state index contributed by atoms with van der Waals surface area (Å²) in [6.45, 7) is 11.4. The van der Waals surface area contributed by atoms with Gasteiger partial charge in [-0.15, -0.1) is 0 Å². The minimum absolute atomic E-state index is 0.0644.